The highest BCUT2D eigenvalue weighted by Crippen LogP contribution is 2.49. The summed E-state index contributed by atoms with van der Waals surface area (Å²) in [6, 6.07) is 81.4. The van der Waals surface area contributed by atoms with Crippen molar-refractivity contribution in [2.24, 2.45) is 0 Å². The largest absolute Gasteiger partial charge is 0.309 e. The van der Waals surface area contributed by atoms with Crippen LogP contribution in [0.1, 0.15) is 17.5 Å². The van der Waals surface area contributed by atoms with Crippen molar-refractivity contribution in [1.82, 2.24) is 9.13 Å². The number of para-hydroxylation sites is 2. The van der Waals surface area contributed by atoms with Crippen LogP contribution in [0.5, 0.6) is 0 Å². The fourth-order valence-corrected chi connectivity index (χ4v) is 11.1. The van der Waals surface area contributed by atoms with Crippen molar-refractivity contribution in [2.45, 2.75) is 12.8 Å². The fraction of sp³-hybridized carbons (Fsp3) is 0.0312. The van der Waals surface area contributed by atoms with Gasteiger partial charge in [0, 0.05) is 38.4 Å². The van der Waals surface area contributed by atoms with E-state index in [9.17, 15) is 0 Å². The van der Waals surface area contributed by atoms with E-state index in [2.05, 4.69) is 240 Å². The van der Waals surface area contributed by atoms with Gasteiger partial charge in [0.2, 0.25) is 0 Å². The highest BCUT2D eigenvalue weighted by atomic mass is 15.0. The molecule has 2 nitrogen and oxygen atoms in total. The predicted octanol–water partition coefficient (Wildman–Crippen LogP) is 17.2. The maximum atomic E-state index is 2.51. The number of allylic oxidation sites excluding steroid dienone is 1. The summed E-state index contributed by atoms with van der Waals surface area (Å²) in [6.07, 6.45) is 6.76. The van der Waals surface area contributed by atoms with E-state index in [1.54, 1.807) is 0 Å². The third-order valence-corrected chi connectivity index (χ3v) is 14.3. The first kappa shape index (κ1) is 37.0. The maximum absolute atomic E-state index is 2.51. The SMILES string of the molecule is C1=Cc2ccc(-c3ccc(-n4c5ccccc5c5cc(-c6ccc(-c7cc8c9c(c7)c7ccccc7n9-c7ccc(-c9ccccc9)cc7-c7ccccc7-8)cc6)ccc54)cc3)cc2CC1. The van der Waals surface area contributed by atoms with Gasteiger partial charge in [-0.3, -0.25) is 0 Å². The lowest BCUT2D eigenvalue weighted by Crippen LogP contribution is -1.96. The van der Waals surface area contributed by atoms with Crippen LogP contribution in [0, 0.1) is 0 Å². The molecule has 12 aromatic rings. The molecule has 0 amide bonds. The van der Waals surface area contributed by atoms with Crippen molar-refractivity contribution in [2.75, 3.05) is 0 Å². The minimum absolute atomic E-state index is 1.11. The number of hydrogen-bond donors (Lipinski definition) is 0. The lowest BCUT2D eigenvalue weighted by atomic mass is 9.90. The second-order valence-corrected chi connectivity index (χ2v) is 18.0. The van der Waals surface area contributed by atoms with E-state index in [1.165, 1.54) is 133 Å². The number of rotatable bonds is 5. The molecular formula is C64H42N2. The van der Waals surface area contributed by atoms with Gasteiger partial charge >= 0.3 is 0 Å². The monoisotopic (exact) mass is 838 g/mol. The Balaban J connectivity index is 0.853. The zero-order chi connectivity index (χ0) is 43.3. The topological polar surface area (TPSA) is 9.86 Å². The van der Waals surface area contributed by atoms with Crippen LogP contribution in [0.3, 0.4) is 0 Å². The van der Waals surface area contributed by atoms with Crippen LogP contribution in [-0.4, -0.2) is 9.13 Å². The molecule has 2 aromatic heterocycles. The van der Waals surface area contributed by atoms with Crippen LogP contribution in [0.4, 0.5) is 0 Å². The Morgan fingerprint density at radius 1 is 0.318 bits per heavy atom. The molecular weight excluding hydrogens is 797 g/mol. The Labute approximate surface area is 383 Å². The van der Waals surface area contributed by atoms with Crippen molar-refractivity contribution < 1.29 is 0 Å². The summed E-state index contributed by atoms with van der Waals surface area (Å²) in [5.41, 5.74) is 24.9. The van der Waals surface area contributed by atoms with Crippen LogP contribution in [0.25, 0.3) is 128 Å². The number of hydrogen-bond acceptors (Lipinski definition) is 0. The van der Waals surface area contributed by atoms with Crippen LogP contribution in [0.15, 0.2) is 224 Å². The maximum Gasteiger partial charge on any atom is 0.0620 e. The standard InChI is InChI=1S/C64H42N2/c1-2-12-41(13-3-1)48-31-35-63-56(37-48)52-16-6-7-17-53(52)58-39-50(40-59-55-19-9-11-21-61(55)66(63)64(58)59)45-24-22-43(23-25-45)49-30-34-62-57(38-49)54-18-8-10-20-60(54)65(62)51-32-28-44(29-33-51)47-27-26-42-14-4-5-15-46(42)36-47/h1-4,6-14,16-40H,5,15H2. The van der Waals surface area contributed by atoms with Gasteiger partial charge in [0.1, 0.15) is 0 Å². The molecule has 1 aliphatic heterocycles. The van der Waals surface area contributed by atoms with Crippen LogP contribution in [-0.2, 0) is 6.42 Å². The van der Waals surface area contributed by atoms with Gasteiger partial charge < -0.3 is 9.13 Å². The summed E-state index contributed by atoms with van der Waals surface area (Å²) in [4.78, 5) is 0. The smallest absolute Gasteiger partial charge is 0.0620 e. The summed E-state index contributed by atoms with van der Waals surface area (Å²) in [6.45, 7) is 0. The lowest BCUT2D eigenvalue weighted by Gasteiger charge is -2.14. The average Bonchev–Trinajstić information content (AvgIpc) is 3.87. The molecule has 14 rings (SSSR count). The molecule has 0 saturated carbocycles. The number of aromatic nitrogens is 2. The van der Waals surface area contributed by atoms with Gasteiger partial charge in [0.05, 0.1) is 27.8 Å². The average molecular weight is 839 g/mol. The lowest BCUT2D eigenvalue weighted by molar-refractivity contribution is 0.986. The van der Waals surface area contributed by atoms with Crippen LogP contribution in [0.2, 0.25) is 0 Å². The first-order chi connectivity index (χ1) is 32.7. The normalized spacial score (nSPS) is 12.7. The Hall–Kier alpha value is -8.46. The van der Waals surface area contributed by atoms with E-state index in [1.807, 2.05) is 0 Å². The van der Waals surface area contributed by atoms with Crippen molar-refractivity contribution >= 4 is 49.7 Å². The van der Waals surface area contributed by atoms with Gasteiger partial charge in [-0.15, -0.1) is 0 Å². The van der Waals surface area contributed by atoms with E-state index in [0.717, 1.165) is 12.8 Å². The van der Waals surface area contributed by atoms with E-state index in [4.69, 9.17) is 0 Å². The highest BCUT2D eigenvalue weighted by Gasteiger charge is 2.26. The fourth-order valence-electron chi connectivity index (χ4n) is 11.1. The summed E-state index contributed by atoms with van der Waals surface area (Å²) >= 11 is 0. The second kappa shape index (κ2) is 14.5. The van der Waals surface area contributed by atoms with Gasteiger partial charge in [-0.05, 0) is 140 Å². The summed E-state index contributed by atoms with van der Waals surface area (Å²) in [5.74, 6) is 0. The molecule has 0 atom stereocenters. The Morgan fingerprint density at radius 3 is 1.64 bits per heavy atom. The molecule has 0 saturated heterocycles. The summed E-state index contributed by atoms with van der Waals surface area (Å²) in [7, 11) is 0. The zero-order valence-corrected chi connectivity index (χ0v) is 36.2. The van der Waals surface area contributed by atoms with Gasteiger partial charge in [-0.25, -0.2) is 0 Å². The first-order valence-corrected chi connectivity index (χ1v) is 23.1. The first-order valence-electron chi connectivity index (χ1n) is 23.1. The van der Waals surface area contributed by atoms with Gasteiger partial charge in [-0.2, -0.15) is 0 Å². The van der Waals surface area contributed by atoms with E-state index >= 15 is 0 Å². The molecule has 0 unspecified atom stereocenters. The quantitative estimate of drug-likeness (QED) is 0.163. The molecule has 0 N–H and O–H groups in total. The molecule has 2 heteroatoms. The van der Waals surface area contributed by atoms with Crippen molar-refractivity contribution in [1.29, 1.82) is 0 Å². The molecule has 308 valence electrons. The van der Waals surface area contributed by atoms with Crippen molar-refractivity contribution in [3.05, 3.63) is 236 Å². The molecule has 1 aliphatic carbocycles. The van der Waals surface area contributed by atoms with Crippen molar-refractivity contribution in [3.8, 4) is 78.1 Å². The van der Waals surface area contributed by atoms with Crippen LogP contribution < -0.4 is 0 Å². The molecule has 0 bridgehead atoms. The molecule has 66 heavy (non-hydrogen) atoms. The highest BCUT2D eigenvalue weighted by molar-refractivity contribution is 6.18. The molecule has 0 spiro atoms. The van der Waals surface area contributed by atoms with Gasteiger partial charge in [0.25, 0.3) is 0 Å². The number of aryl methyl sites for hydroxylation is 1. The minimum Gasteiger partial charge on any atom is -0.309 e. The molecule has 2 aliphatic rings. The van der Waals surface area contributed by atoms with E-state index in [-0.39, 0.29) is 0 Å². The van der Waals surface area contributed by atoms with Crippen LogP contribution >= 0.6 is 0 Å². The third kappa shape index (κ3) is 5.68. The second-order valence-electron chi connectivity index (χ2n) is 18.0. The van der Waals surface area contributed by atoms with E-state index in [0.29, 0.717) is 0 Å². The van der Waals surface area contributed by atoms with E-state index < -0.39 is 0 Å². The van der Waals surface area contributed by atoms with Crippen molar-refractivity contribution in [3.63, 3.8) is 0 Å². The predicted molar refractivity (Wildman–Crippen MR) is 279 cm³/mol. The molecule has 0 fully saturated rings. The Kier molecular flexibility index (Phi) is 8.14. The number of benzene rings is 10. The van der Waals surface area contributed by atoms with Gasteiger partial charge in [0.15, 0.2) is 0 Å². The molecule has 0 radical (unpaired) electrons. The zero-order valence-electron chi connectivity index (χ0n) is 36.2. The Morgan fingerprint density at radius 2 is 0.848 bits per heavy atom. The minimum atomic E-state index is 1.11. The molecule has 3 heterocycles. The third-order valence-electron chi connectivity index (χ3n) is 14.3. The van der Waals surface area contributed by atoms with Gasteiger partial charge in [-0.1, -0.05) is 170 Å². The summed E-state index contributed by atoms with van der Waals surface area (Å²) in [5, 5.41) is 5.05. The number of nitrogens with zero attached hydrogens (tertiary/aromatic N) is 2. The summed E-state index contributed by atoms with van der Waals surface area (Å²) < 4.78 is 4.92. The molecule has 10 aromatic carbocycles. The Bertz CT molecular complexity index is 3950. The number of fused-ring (bicyclic) bond motifs is 12.